The van der Waals surface area contributed by atoms with Crippen molar-refractivity contribution in [1.29, 1.82) is 0 Å². The number of methoxy groups -OCH3 is 1. The van der Waals surface area contributed by atoms with E-state index < -0.39 is 0 Å². The number of hydrogen-bond acceptors (Lipinski definition) is 5. The minimum Gasteiger partial charge on any atom is -0.494 e. The summed E-state index contributed by atoms with van der Waals surface area (Å²) in [5, 5.41) is 6.90. The van der Waals surface area contributed by atoms with Crippen LogP contribution in [0, 0.1) is 0 Å². The van der Waals surface area contributed by atoms with Gasteiger partial charge in [-0.25, -0.2) is 4.99 Å². The molecule has 0 saturated carbocycles. The van der Waals surface area contributed by atoms with Gasteiger partial charge in [-0.3, -0.25) is 4.90 Å². The van der Waals surface area contributed by atoms with E-state index in [1.54, 1.807) is 7.11 Å². The highest BCUT2D eigenvalue weighted by Gasteiger charge is 2.24. The number of benzene rings is 1. The SMILES string of the molecule is CCNC(=NCc1cc2c(cc1OCC)CC(C)O2)NCC1CCCN1CCOC.I. The summed E-state index contributed by atoms with van der Waals surface area (Å²) in [4.78, 5) is 7.34. The molecule has 1 aromatic rings. The molecule has 0 amide bonds. The quantitative estimate of drug-likeness (QED) is 0.267. The number of likely N-dealkylation sites (tertiary alicyclic amines) is 1. The van der Waals surface area contributed by atoms with Crippen molar-refractivity contribution >= 4 is 29.9 Å². The zero-order valence-corrected chi connectivity index (χ0v) is 21.7. The van der Waals surface area contributed by atoms with Crippen LogP contribution < -0.4 is 20.1 Å². The molecule has 0 aromatic heterocycles. The molecule has 2 aliphatic rings. The summed E-state index contributed by atoms with van der Waals surface area (Å²) in [6, 6.07) is 4.75. The molecule has 0 spiro atoms. The van der Waals surface area contributed by atoms with Crippen LogP contribution in [0.5, 0.6) is 11.5 Å². The van der Waals surface area contributed by atoms with E-state index in [0.29, 0.717) is 19.2 Å². The number of hydrogen-bond donors (Lipinski definition) is 2. The Labute approximate surface area is 204 Å². The van der Waals surface area contributed by atoms with Gasteiger partial charge in [0, 0.05) is 50.3 Å². The Hall–Kier alpha value is -1.26. The van der Waals surface area contributed by atoms with Crippen molar-refractivity contribution in [1.82, 2.24) is 15.5 Å². The molecule has 2 heterocycles. The minimum atomic E-state index is 0. The first-order chi connectivity index (χ1) is 14.6. The Kier molecular flexibility index (Phi) is 11.2. The third-order valence-corrected chi connectivity index (χ3v) is 5.72. The van der Waals surface area contributed by atoms with Crippen molar-refractivity contribution in [3.63, 3.8) is 0 Å². The smallest absolute Gasteiger partial charge is 0.191 e. The number of nitrogens with one attached hydrogen (secondary N) is 2. The fourth-order valence-electron chi connectivity index (χ4n) is 4.24. The summed E-state index contributed by atoms with van der Waals surface area (Å²) in [5.74, 6) is 2.72. The second kappa shape index (κ2) is 13.3. The molecular weight excluding hydrogens is 507 g/mol. The minimum absolute atomic E-state index is 0. The van der Waals surface area contributed by atoms with Gasteiger partial charge in [-0.2, -0.15) is 0 Å². The van der Waals surface area contributed by atoms with E-state index in [-0.39, 0.29) is 30.1 Å². The van der Waals surface area contributed by atoms with Gasteiger partial charge in [0.05, 0.1) is 19.8 Å². The molecule has 1 aromatic carbocycles. The summed E-state index contributed by atoms with van der Waals surface area (Å²) in [6.07, 6.45) is 3.61. The topological polar surface area (TPSA) is 67.4 Å². The largest absolute Gasteiger partial charge is 0.494 e. The Morgan fingerprint density at radius 3 is 2.87 bits per heavy atom. The van der Waals surface area contributed by atoms with Crippen molar-refractivity contribution in [2.75, 3.05) is 46.5 Å². The van der Waals surface area contributed by atoms with E-state index in [0.717, 1.165) is 62.2 Å². The van der Waals surface area contributed by atoms with Gasteiger partial charge in [0.15, 0.2) is 5.96 Å². The first-order valence-electron chi connectivity index (χ1n) is 11.3. The molecule has 0 aliphatic carbocycles. The molecule has 0 bridgehead atoms. The van der Waals surface area contributed by atoms with Crippen molar-refractivity contribution in [3.05, 3.63) is 23.3 Å². The predicted octanol–water partition coefficient (Wildman–Crippen LogP) is 3.19. The van der Waals surface area contributed by atoms with Crippen molar-refractivity contribution in [3.8, 4) is 11.5 Å². The molecule has 8 heteroatoms. The molecule has 2 atom stereocenters. The molecule has 31 heavy (non-hydrogen) atoms. The lowest BCUT2D eigenvalue weighted by atomic mass is 10.1. The first kappa shape index (κ1) is 26.0. The number of fused-ring (bicyclic) bond motifs is 1. The summed E-state index contributed by atoms with van der Waals surface area (Å²) in [5.41, 5.74) is 2.28. The van der Waals surface area contributed by atoms with Gasteiger partial charge in [-0.1, -0.05) is 0 Å². The van der Waals surface area contributed by atoms with Crippen molar-refractivity contribution < 1.29 is 14.2 Å². The zero-order valence-electron chi connectivity index (χ0n) is 19.4. The molecule has 1 saturated heterocycles. The van der Waals surface area contributed by atoms with Crippen LogP contribution >= 0.6 is 24.0 Å². The van der Waals surface area contributed by atoms with Crippen LogP contribution in [-0.2, 0) is 17.7 Å². The van der Waals surface area contributed by atoms with Crippen LogP contribution in [0.15, 0.2) is 17.1 Å². The maximum absolute atomic E-state index is 5.94. The fourth-order valence-corrected chi connectivity index (χ4v) is 4.24. The molecule has 2 aliphatic heterocycles. The van der Waals surface area contributed by atoms with E-state index >= 15 is 0 Å². The number of nitrogens with zero attached hydrogens (tertiary/aromatic N) is 2. The molecule has 2 N–H and O–H groups in total. The Bertz CT molecular complexity index is 716. The third-order valence-electron chi connectivity index (χ3n) is 5.72. The van der Waals surface area contributed by atoms with Crippen LogP contribution in [0.2, 0.25) is 0 Å². The van der Waals surface area contributed by atoms with Gasteiger partial charge in [0.2, 0.25) is 0 Å². The summed E-state index contributed by atoms with van der Waals surface area (Å²) >= 11 is 0. The molecule has 1 fully saturated rings. The second-order valence-electron chi connectivity index (χ2n) is 8.03. The molecular formula is C23H39IN4O3. The number of halogens is 1. The van der Waals surface area contributed by atoms with Crippen molar-refractivity contribution in [2.45, 2.75) is 58.7 Å². The van der Waals surface area contributed by atoms with Gasteiger partial charge < -0.3 is 24.8 Å². The van der Waals surface area contributed by atoms with E-state index in [2.05, 4.69) is 41.5 Å². The average molecular weight is 546 g/mol. The fraction of sp³-hybridized carbons (Fsp3) is 0.696. The van der Waals surface area contributed by atoms with Gasteiger partial charge in [0.25, 0.3) is 0 Å². The predicted molar refractivity (Wildman–Crippen MR) is 136 cm³/mol. The number of rotatable bonds is 10. The molecule has 2 unspecified atom stereocenters. The summed E-state index contributed by atoms with van der Waals surface area (Å²) in [7, 11) is 1.76. The molecule has 176 valence electrons. The Morgan fingerprint density at radius 1 is 1.29 bits per heavy atom. The van der Waals surface area contributed by atoms with Gasteiger partial charge in [-0.15, -0.1) is 24.0 Å². The third kappa shape index (κ3) is 7.39. The molecule has 0 radical (unpaired) electrons. The standard InChI is InChI=1S/C23H38N4O3.HI/c1-5-24-23(26-16-20-8-7-9-27(20)10-11-28-4)25-15-19-14-22-18(12-17(3)30-22)13-21(19)29-6-2;/h13-14,17,20H,5-12,15-16H2,1-4H3,(H2,24,25,26);1H. The zero-order chi connectivity index (χ0) is 21.3. The van der Waals surface area contributed by atoms with E-state index in [1.165, 1.54) is 18.4 Å². The van der Waals surface area contributed by atoms with Crippen LogP contribution in [0.3, 0.4) is 0 Å². The molecule has 3 rings (SSSR count). The van der Waals surface area contributed by atoms with Crippen LogP contribution in [-0.4, -0.2) is 69.5 Å². The monoisotopic (exact) mass is 546 g/mol. The summed E-state index contributed by atoms with van der Waals surface area (Å²) in [6.45, 7) is 12.0. The highest BCUT2D eigenvalue weighted by atomic mass is 127. The van der Waals surface area contributed by atoms with Crippen LogP contribution in [0.25, 0.3) is 0 Å². The Balaban J connectivity index is 0.00000341. The first-order valence-corrected chi connectivity index (χ1v) is 11.3. The Morgan fingerprint density at radius 2 is 2.13 bits per heavy atom. The number of ether oxygens (including phenoxy) is 3. The number of guanidine groups is 1. The maximum atomic E-state index is 5.94. The van der Waals surface area contributed by atoms with E-state index in [4.69, 9.17) is 19.2 Å². The maximum Gasteiger partial charge on any atom is 0.191 e. The van der Waals surface area contributed by atoms with Gasteiger partial charge in [0.1, 0.15) is 17.6 Å². The highest BCUT2D eigenvalue weighted by molar-refractivity contribution is 14.0. The van der Waals surface area contributed by atoms with Gasteiger partial charge in [-0.05, 0) is 52.3 Å². The molecule has 7 nitrogen and oxygen atoms in total. The normalized spacial score (nSPS) is 20.7. The lowest BCUT2D eigenvalue weighted by Gasteiger charge is -2.25. The number of aliphatic imine (C=N–C) groups is 1. The van der Waals surface area contributed by atoms with Crippen LogP contribution in [0.4, 0.5) is 0 Å². The van der Waals surface area contributed by atoms with E-state index in [9.17, 15) is 0 Å². The van der Waals surface area contributed by atoms with E-state index in [1.807, 2.05) is 6.92 Å². The average Bonchev–Trinajstić information content (AvgIpc) is 3.33. The lowest BCUT2D eigenvalue weighted by Crippen LogP contribution is -2.45. The summed E-state index contributed by atoms with van der Waals surface area (Å²) < 4.78 is 17.1. The van der Waals surface area contributed by atoms with Crippen LogP contribution in [0.1, 0.15) is 44.7 Å². The van der Waals surface area contributed by atoms with Crippen molar-refractivity contribution in [2.24, 2.45) is 4.99 Å². The lowest BCUT2D eigenvalue weighted by molar-refractivity contribution is 0.141. The second-order valence-corrected chi connectivity index (χ2v) is 8.03. The van der Waals surface area contributed by atoms with Gasteiger partial charge >= 0.3 is 0 Å². The highest BCUT2D eigenvalue weighted by Crippen LogP contribution is 2.35.